The van der Waals surface area contributed by atoms with E-state index >= 15 is 0 Å². The molecule has 1 aromatic heterocycles. The minimum absolute atomic E-state index is 0.256. The van der Waals surface area contributed by atoms with Crippen molar-refractivity contribution in [1.29, 1.82) is 0 Å². The highest BCUT2D eigenvalue weighted by Gasteiger charge is 2.26. The number of aromatic nitrogens is 1. The van der Waals surface area contributed by atoms with Gasteiger partial charge in [0.2, 0.25) is 0 Å². The first kappa shape index (κ1) is 12.0. The quantitative estimate of drug-likeness (QED) is 0.697. The molecule has 0 saturated heterocycles. The van der Waals surface area contributed by atoms with Crippen molar-refractivity contribution in [2.45, 2.75) is 40.0 Å². The van der Waals surface area contributed by atoms with Gasteiger partial charge in [0, 0.05) is 23.4 Å². The Morgan fingerprint density at radius 3 is 2.43 bits per heavy atom. The number of nitrogens with zero attached hydrogens (tertiary/aromatic N) is 1. The van der Waals surface area contributed by atoms with Gasteiger partial charge >= 0.3 is 0 Å². The van der Waals surface area contributed by atoms with E-state index in [1.165, 1.54) is 5.01 Å². The first-order valence-corrected chi connectivity index (χ1v) is 6.54. The lowest BCUT2D eigenvalue weighted by Gasteiger charge is -2.28. The molecule has 0 bridgehead atoms. The Bertz CT molecular complexity index is 270. The molecule has 0 aromatic carbocycles. The van der Waals surface area contributed by atoms with E-state index in [4.69, 9.17) is 11.6 Å². The van der Waals surface area contributed by atoms with Crippen LogP contribution in [-0.2, 0) is 6.42 Å². The van der Waals surface area contributed by atoms with Gasteiger partial charge in [-0.2, -0.15) is 0 Å². The fourth-order valence-corrected chi connectivity index (χ4v) is 2.96. The second-order valence-corrected chi connectivity index (χ2v) is 5.11. The van der Waals surface area contributed by atoms with Crippen molar-refractivity contribution >= 4 is 22.9 Å². The summed E-state index contributed by atoms with van der Waals surface area (Å²) in [6.45, 7) is 6.47. The molecule has 1 heterocycles. The van der Waals surface area contributed by atoms with E-state index in [1.807, 2.05) is 6.92 Å². The van der Waals surface area contributed by atoms with E-state index in [0.29, 0.717) is 0 Å². The second-order valence-electron chi connectivity index (χ2n) is 3.90. The van der Waals surface area contributed by atoms with E-state index in [0.717, 1.165) is 30.8 Å². The smallest absolute Gasteiger partial charge is 0.0934 e. The summed E-state index contributed by atoms with van der Waals surface area (Å²) in [5, 5.41) is 3.34. The minimum atomic E-state index is 0.256. The molecule has 14 heavy (non-hydrogen) atoms. The molecule has 0 aliphatic rings. The molecule has 0 radical (unpaired) electrons. The molecular formula is C11H18ClNS. The number of halogens is 1. The van der Waals surface area contributed by atoms with Crippen LogP contribution in [0.1, 0.15) is 37.4 Å². The zero-order valence-corrected chi connectivity index (χ0v) is 10.7. The van der Waals surface area contributed by atoms with Gasteiger partial charge in [0.05, 0.1) is 5.01 Å². The number of rotatable bonds is 5. The zero-order valence-electron chi connectivity index (χ0n) is 9.14. The Labute approximate surface area is 95.5 Å². The van der Waals surface area contributed by atoms with E-state index in [2.05, 4.69) is 24.2 Å². The Hall–Kier alpha value is -0.0800. The molecule has 0 spiro atoms. The van der Waals surface area contributed by atoms with Crippen LogP contribution in [0, 0.1) is 12.3 Å². The number of thiazole rings is 1. The van der Waals surface area contributed by atoms with Crippen molar-refractivity contribution in [1.82, 2.24) is 4.98 Å². The summed E-state index contributed by atoms with van der Waals surface area (Å²) < 4.78 is 0. The average Bonchev–Trinajstić information content (AvgIpc) is 2.61. The van der Waals surface area contributed by atoms with E-state index in [9.17, 15) is 0 Å². The summed E-state index contributed by atoms with van der Waals surface area (Å²) in [7, 11) is 0. The van der Waals surface area contributed by atoms with Crippen molar-refractivity contribution in [3.8, 4) is 0 Å². The maximum absolute atomic E-state index is 6.06. The summed E-state index contributed by atoms with van der Waals surface area (Å²) in [5.74, 6) is 0.735. The predicted octanol–water partition coefficient (Wildman–Crippen LogP) is 4.04. The minimum Gasteiger partial charge on any atom is -0.247 e. The van der Waals surface area contributed by atoms with Gasteiger partial charge in [-0.25, -0.2) is 4.98 Å². The van der Waals surface area contributed by atoms with Crippen LogP contribution in [0.2, 0.25) is 0 Å². The van der Waals surface area contributed by atoms with Crippen LogP contribution >= 0.6 is 22.9 Å². The van der Waals surface area contributed by atoms with Gasteiger partial charge in [0.25, 0.3) is 0 Å². The first-order valence-electron chi connectivity index (χ1n) is 5.12. The largest absolute Gasteiger partial charge is 0.247 e. The lowest BCUT2D eigenvalue weighted by atomic mass is 9.81. The van der Waals surface area contributed by atoms with Gasteiger partial charge in [0.15, 0.2) is 0 Å². The molecule has 0 fully saturated rings. The van der Waals surface area contributed by atoms with E-state index < -0.39 is 0 Å². The summed E-state index contributed by atoms with van der Waals surface area (Å²) in [6, 6.07) is 0. The lowest BCUT2D eigenvalue weighted by Crippen LogP contribution is -2.23. The molecule has 0 atom stereocenters. The number of alkyl halides is 1. The second kappa shape index (κ2) is 5.13. The average molecular weight is 232 g/mol. The summed E-state index contributed by atoms with van der Waals surface area (Å²) in [6.07, 6.45) is 3.29. The highest BCUT2D eigenvalue weighted by atomic mass is 35.5. The van der Waals surface area contributed by atoms with Crippen LogP contribution in [-0.4, -0.2) is 10.9 Å². The standard InChI is InChI=1S/C11H18ClNS/c1-4-11(5-2,8-12)6-10-13-9(3)7-14-10/h7H,4-6,8H2,1-3H3. The van der Waals surface area contributed by atoms with Gasteiger partial charge in [-0.05, 0) is 25.2 Å². The molecule has 0 aliphatic carbocycles. The van der Waals surface area contributed by atoms with Crippen molar-refractivity contribution < 1.29 is 0 Å². The van der Waals surface area contributed by atoms with Crippen LogP contribution in [0.25, 0.3) is 0 Å². The van der Waals surface area contributed by atoms with Crippen LogP contribution in [0.5, 0.6) is 0 Å². The van der Waals surface area contributed by atoms with Crippen LogP contribution in [0.3, 0.4) is 0 Å². The third-order valence-corrected chi connectivity index (χ3v) is 4.51. The molecule has 0 unspecified atom stereocenters. The molecule has 3 heteroatoms. The summed E-state index contributed by atoms with van der Waals surface area (Å²) in [5.41, 5.74) is 1.38. The van der Waals surface area contributed by atoms with Gasteiger partial charge in [0.1, 0.15) is 0 Å². The molecular weight excluding hydrogens is 214 g/mol. The van der Waals surface area contributed by atoms with Crippen molar-refractivity contribution in [2.75, 3.05) is 5.88 Å². The maximum Gasteiger partial charge on any atom is 0.0934 e. The normalized spacial score (nSPS) is 12.0. The predicted molar refractivity (Wildman–Crippen MR) is 64.3 cm³/mol. The van der Waals surface area contributed by atoms with Crippen molar-refractivity contribution in [3.05, 3.63) is 16.1 Å². The fourth-order valence-electron chi connectivity index (χ4n) is 1.54. The van der Waals surface area contributed by atoms with Crippen LogP contribution in [0.15, 0.2) is 5.38 Å². The van der Waals surface area contributed by atoms with Gasteiger partial charge < -0.3 is 0 Å². The Kier molecular flexibility index (Phi) is 4.39. The van der Waals surface area contributed by atoms with Crippen molar-refractivity contribution in [3.63, 3.8) is 0 Å². The number of hydrogen-bond donors (Lipinski definition) is 0. The van der Waals surface area contributed by atoms with Gasteiger partial charge in [-0.3, -0.25) is 0 Å². The Morgan fingerprint density at radius 1 is 1.43 bits per heavy atom. The molecule has 1 nitrogen and oxygen atoms in total. The zero-order chi connectivity index (χ0) is 10.6. The SMILES string of the molecule is CCC(CC)(CCl)Cc1nc(C)cs1. The summed E-state index contributed by atoms with van der Waals surface area (Å²) in [4.78, 5) is 4.50. The molecule has 0 saturated carbocycles. The molecule has 0 aliphatic heterocycles. The van der Waals surface area contributed by atoms with Gasteiger partial charge in [-0.15, -0.1) is 22.9 Å². The number of hydrogen-bond acceptors (Lipinski definition) is 2. The third-order valence-electron chi connectivity index (χ3n) is 2.98. The lowest BCUT2D eigenvalue weighted by molar-refractivity contribution is 0.301. The molecule has 1 rings (SSSR count). The van der Waals surface area contributed by atoms with Crippen molar-refractivity contribution in [2.24, 2.45) is 5.41 Å². The summed E-state index contributed by atoms with van der Waals surface area (Å²) >= 11 is 7.81. The van der Waals surface area contributed by atoms with Crippen LogP contribution < -0.4 is 0 Å². The van der Waals surface area contributed by atoms with Gasteiger partial charge in [-0.1, -0.05) is 13.8 Å². The highest BCUT2D eigenvalue weighted by molar-refractivity contribution is 7.09. The molecule has 0 amide bonds. The third kappa shape index (κ3) is 2.71. The number of aryl methyl sites for hydroxylation is 1. The first-order chi connectivity index (χ1) is 6.65. The monoisotopic (exact) mass is 231 g/mol. The Balaban J connectivity index is 2.73. The Morgan fingerprint density at radius 2 is 2.07 bits per heavy atom. The van der Waals surface area contributed by atoms with Crippen LogP contribution in [0.4, 0.5) is 0 Å². The molecule has 0 N–H and O–H groups in total. The fraction of sp³-hybridized carbons (Fsp3) is 0.727. The highest BCUT2D eigenvalue weighted by Crippen LogP contribution is 2.33. The topological polar surface area (TPSA) is 12.9 Å². The maximum atomic E-state index is 6.06. The molecule has 1 aromatic rings. The molecule has 80 valence electrons. The van der Waals surface area contributed by atoms with E-state index in [1.54, 1.807) is 11.3 Å². The van der Waals surface area contributed by atoms with E-state index in [-0.39, 0.29) is 5.41 Å².